The van der Waals surface area contributed by atoms with E-state index < -0.39 is 11.9 Å². The van der Waals surface area contributed by atoms with Crippen LogP contribution >= 0.6 is 0 Å². The van der Waals surface area contributed by atoms with E-state index in [1.807, 2.05) is 25.1 Å². The van der Waals surface area contributed by atoms with Gasteiger partial charge in [-0.2, -0.15) is 0 Å². The normalized spacial score (nSPS) is 10.8. The summed E-state index contributed by atoms with van der Waals surface area (Å²) in [5.74, 6) is -1.21. The highest BCUT2D eigenvalue weighted by molar-refractivity contribution is 6.06. The van der Waals surface area contributed by atoms with Gasteiger partial charge in [-0.05, 0) is 97.3 Å². The molecule has 0 atom stereocenters. The van der Waals surface area contributed by atoms with Gasteiger partial charge in [-0.15, -0.1) is 0 Å². The number of nitrogens with one attached hydrogen (secondary N) is 1. The fourth-order valence-corrected chi connectivity index (χ4v) is 5.03. The van der Waals surface area contributed by atoms with E-state index in [9.17, 15) is 24.6 Å². The first-order valence-corrected chi connectivity index (χ1v) is 15.5. The minimum absolute atomic E-state index is 0.0144. The Morgan fingerprint density at radius 2 is 1.38 bits per heavy atom. The number of hydrogen-bond donors (Lipinski definition) is 3. The third-order valence-corrected chi connectivity index (χ3v) is 7.94. The monoisotopic (exact) mass is 607 g/mol. The number of Topliss-reactive ketones (excluding diaryl/α,β-unsaturated/α-hetero) is 1. The zero-order chi connectivity index (χ0) is 32.5. The Bertz CT molecular complexity index is 1710. The Balaban J connectivity index is 1.45. The SMILES string of the molecule is CCCCOC(=O)c1cc(C(=O)Nc2ccc(-c3ccc(CC(=O)c4ccc(C)c(CCCC)c4)c(O)c3)cc2O)ccc1C. The Hall–Kier alpha value is -4.91. The molecule has 0 aliphatic heterocycles. The third kappa shape index (κ3) is 8.38. The van der Waals surface area contributed by atoms with Crippen LogP contribution in [0, 0.1) is 13.8 Å². The number of benzene rings is 4. The lowest BCUT2D eigenvalue weighted by Gasteiger charge is -2.12. The summed E-state index contributed by atoms with van der Waals surface area (Å²) in [6.45, 7) is 8.29. The predicted molar refractivity (Wildman–Crippen MR) is 177 cm³/mol. The van der Waals surface area contributed by atoms with Crippen molar-refractivity contribution in [3.05, 3.63) is 112 Å². The number of ether oxygens (including phenoxy) is 1. The molecule has 7 nitrogen and oxygen atoms in total. The maximum Gasteiger partial charge on any atom is 0.338 e. The lowest BCUT2D eigenvalue weighted by atomic mass is 9.95. The van der Waals surface area contributed by atoms with Crippen molar-refractivity contribution in [2.75, 3.05) is 11.9 Å². The first kappa shape index (κ1) is 33.0. The molecule has 0 radical (unpaired) electrons. The van der Waals surface area contributed by atoms with E-state index in [-0.39, 0.29) is 35.0 Å². The first-order chi connectivity index (χ1) is 21.6. The second kappa shape index (κ2) is 15.2. The number of anilines is 1. The van der Waals surface area contributed by atoms with E-state index in [0.29, 0.717) is 40.0 Å². The number of unbranched alkanes of at least 4 members (excludes halogenated alkanes) is 2. The highest BCUT2D eigenvalue weighted by Gasteiger charge is 2.17. The summed E-state index contributed by atoms with van der Waals surface area (Å²) in [6.07, 6.45) is 4.81. The molecule has 0 aromatic heterocycles. The average molecular weight is 608 g/mol. The smallest absolute Gasteiger partial charge is 0.338 e. The summed E-state index contributed by atoms with van der Waals surface area (Å²) in [6, 6.07) is 20.4. The van der Waals surface area contributed by atoms with Gasteiger partial charge >= 0.3 is 5.97 Å². The fraction of sp³-hybridized carbons (Fsp3) is 0.289. The van der Waals surface area contributed by atoms with Crippen molar-refractivity contribution in [3.63, 3.8) is 0 Å². The van der Waals surface area contributed by atoms with Crippen LogP contribution in [0.4, 0.5) is 5.69 Å². The molecule has 1 amide bonds. The van der Waals surface area contributed by atoms with Gasteiger partial charge in [0.15, 0.2) is 5.78 Å². The molecule has 45 heavy (non-hydrogen) atoms. The quantitative estimate of drug-likeness (QED) is 0.0609. The highest BCUT2D eigenvalue weighted by atomic mass is 16.5. The molecule has 4 rings (SSSR count). The molecule has 4 aromatic rings. The zero-order valence-electron chi connectivity index (χ0n) is 26.4. The molecule has 7 heteroatoms. The lowest BCUT2D eigenvalue weighted by Crippen LogP contribution is -2.14. The van der Waals surface area contributed by atoms with E-state index >= 15 is 0 Å². The summed E-state index contributed by atoms with van der Waals surface area (Å²) in [5.41, 5.74) is 6.21. The molecule has 234 valence electrons. The molecule has 4 aromatic carbocycles. The van der Waals surface area contributed by atoms with Crippen LogP contribution in [0.3, 0.4) is 0 Å². The number of ketones is 1. The van der Waals surface area contributed by atoms with Crippen LogP contribution in [-0.2, 0) is 17.6 Å². The van der Waals surface area contributed by atoms with Crippen LogP contribution in [0.5, 0.6) is 11.5 Å². The topological polar surface area (TPSA) is 113 Å². The molecular weight excluding hydrogens is 566 g/mol. The van der Waals surface area contributed by atoms with Crippen LogP contribution in [-0.4, -0.2) is 34.5 Å². The second-order valence-corrected chi connectivity index (χ2v) is 11.4. The number of phenols is 2. The number of rotatable bonds is 13. The number of amides is 1. The van der Waals surface area contributed by atoms with Crippen molar-refractivity contribution in [3.8, 4) is 22.6 Å². The lowest BCUT2D eigenvalue weighted by molar-refractivity contribution is 0.0498. The molecular formula is C38H41NO6. The summed E-state index contributed by atoms with van der Waals surface area (Å²) in [5, 5.41) is 24.2. The van der Waals surface area contributed by atoms with E-state index in [2.05, 4.69) is 19.2 Å². The predicted octanol–water partition coefficient (Wildman–Crippen LogP) is 8.36. The maximum absolute atomic E-state index is 13.1. The van der Waals surface area contributed by atoms with Crippen molar-refractivity contribution < 1.29 is 29.3 Å². The second-order valence-electron chi connectivity index (χ2n) is 11.4. The summed E-state index contributed by atoms with van der Waals surface area (Å²) < 4.78 is 5.31. The van der Waals surface area contributed by atoms with Crippen molar-refractivity contribution >= 4 is 23.3 Å². The molecule has 0 aliphatic carbocycles. The summed E-state index contributed by atoms with van der Waals surface area (Å²) in [7, 11) is 0. The summed E-state index contributed by atoms with van der Waals surface area (Å²) in [4.78, 5) is 38.5. The van der Waals surface area contributed by atoms with Gasteiger partial charge in [0.25, 0.3) is 5.91 Å². The Morgan fingerprint density at radius 1 is 0.711 bits per heavy atom. The van der Waals surface area contributed by atoms with Crippen molar-refractivity contribution in [2.24, 2.45) is 0 Å². The van der Waals surface area contributed by atoms with Gasteiger partial charge < -0.3 is 20.3 Å². The number of carbonyl (C=O) groups excluding carboxylic acids is 3. The third-order valence-electron chi connectivity index (χ3n) is 7.94. The minimum atomic E-state index is -0.488. The molecule has 3 N–H and O–H groups in total. The molecule has 0 unspecified atom stereocenters. The van der Waals surface area contributed by atoms with Gasteiger partial charge in [-0.1, -0.05) is 63.1 Å². The Morgan fingerprint density at radius 3 is 2.07 bits per heavy atom. The standard InChI is InChI=1S/C38H41NO6/c1-5-7-9-26-19-29(12-10-24(26)3)35(41)23-30-15-14-27(21-34(30)40)28-16-17-33(36(42)22-28)39-37(43)31-13-11-25(4)32(20-31)38(44)45-18-8-6-2/h10-17,19-22,40,42H,5-9,18,23H2,1-4H3,(H,39,43). The number of aromatic hydroxyl groups is 2. The van der Waals surface area contributed by atoms with Crippen molar-refractivity contribution in [1.82, 2.24) is 0 Å². The highest BCUT2D eigenvalue weighted by Crippen LogP contribution is 2.33. The number of esters is 1. The maximum atomic E-state index is 13.1. The molecule has 0 saturated carbocycles. The van der Waals surface area contributed by atoms with Crippen LogP contribution in [0.2, 0.25) is 0 Å². The molecule has 0 fully saturated rings. The Kier molecular flexibility index (Phi) is 11.1. The van der Waals surface area contributed by atoms with Gasteiger partial charge in [0.2, 0.25) is 0 Å². The summed E-state index contributed by atoms with van der Waals surface area (Å²) >= 11 is 0. The molecule has 0 heterocycles. The van der Waals surface area contributed by atoms with E-state index in [0.717, 1.165) is 32.1 Å². The van der Waals surface area contributed by atoms with Crippen LogP contribution < -0.4 is 5.32 Å². The van der Waals surface area contributed by atoms with Gasteiger partial charge in [-0.25, -0.2) is 4.79 Å². The fourth-order valence-electron chi connectivity index (χ4n) is 5.03. The molecule has 0 bridgehead atoms. The van der Waals surface area contributed by atoms with Gasteiger partial charge in [0.1, 0.15) is 11.5 Å². The van der Waals surface area contributed by atoms with Crippen LogP contribution in [0.1, 0.15) is 92.9 Å². The van der Waals surface area contributed by atoms with Crippen LogP contribution in [0.25, 0.3) is 11.1 Å². The number of phenolic OH excluding ortho intramolecular Hbond substituents is 2. The largest absolute Gasteiger partial charge is 0.508 e. The van der Waals surface area contributed by atoms with Gasteiger partial charge in [0.05, 0.1) is 17.9 Å². The zero-order valence-corrected chi connectivity index (χ0v) is 26.4. The van der Waals surface area contributed by atoms with Crippen molar-refractivity contribution in [2.45, 2.75) is 66.2 Å². The van der Waals surface area contributed by atoms with Gasteiger partial charge in [0, 0.05) is 23.1 Å². The molecule has 0 aliphatic rings. The number of hydrogen-bond acceptors (Lipinski definition) is 6. The van der Waals surface area contributed by atoms with Crippen molar-refractivity contribution in [1.29, 1.82) is 0 Å². The van der Waals surface area contributed by atoms with E-state index in [1.54, 1.807) is 49.4 Å². The first-order valence-electron chi connectivity index (χ1n) is 15.5. The minimum Gasteiger partial charge on any atom is -0.508 e. The van der Waals surface area contributed by atoms with Crippen LogP contribution in [0.15, 0.2) is 72.8 Å². The van der Waals surface area contributed by atoms with E-state index in [1.165, 1.54) is 23.3 Å². The molecule has 0 saturated heterocycles. The Labute approximate surface area is 264 Å². The number of carbonyl (C=O) groups is 3. The number of aryl methyl sites for hydroxylation is 3. The molecule has 0 spiro atoms. The average Bonchev–Trinajstić information content (AvgIpc) is 3.02. The van der Waals surface area contributed by atoms with Gasteiger partial charge in [-0.3, -0.25) is 9.59 Å². The van der Waals surface area contributed by atoms with E-state index in [4.69, 9.17) is 4.74 Å².